The highest BCUT2D eigenvalue weighted by molar-refractivity contribution is 7.88. The van der Waals surface area contributed by atoms with Gasteiger partial charge in [0, 0.05) is 51.7 Å². The van der Waals surface area contributed by atoms with Crippen molar-refractivity contribution in [1.29, 1.82) is 0 Å². The minimum atomic E-state index is -3.21. The lowest BCUT2D eigenvalue weighted by Gasteiger charge is -2.42. The molecule has 1 aromatic rings. The van der Waals surface area contributed by atoms with Gasteiger partial charge < -0.3 is 9.80 Å². The van der Waals surface area contributed by atoms with E-state index in [0.717, 1.165) is 0 Å². The molecule has 0 spiro atoms. The number of likely N-dealkylation sites (tertiary alicyclic amines) is 1. The van der Waals surface area contributed by atoms with Gasteiger partial charge in [0.1, 0.15) is 5.69 Å². The molecule has 1 aromatic heterocycles. The summed E-state index contributed by atoms with van der Waals surface area (Å²) < 4.78 is 24.3. The van der Waals surface area contributed by atoms with E-state index < -0.39 is 10.0 Å². The number of piperazine rings is 1. The van der Waals surface area contributed by atoms with Gasteiger partial charge in [-0.05, 0) is 0 Å². The van der Waals surface area contributed by atoms with Crippen LogP contribution >= 0.6 is 0 Å². The van der Waals surface area contributed by atoms with Crippen molar-refractivity contribution in [1.82, 2.24) is 24.1 Å². The summed E-state index contributed by atoms with van der Waals surface area (Å²) in [5.74, 6) is -0.476. The lowest BCUT2D eigenvalue weighted by Crippen LogP contribution is -2.59. The van der Waals surface area contributed by atoms with E-state index in [0.29, 0.717) is 39.3 Å². The van der Waals surface area contributed by atoms with Gasteiger partial charge in [-0.1, -0.05) is 0 Å². The second-order valence-electron chi connectivity index (χ2n) is 5.99. The van der Waals surface area contributed by atoms with Crippen molar-refractivity contribution in [2.75, 3.05) is 45.5 Å². The molecule has 2 aliphatic heterocycles. The fourth-order valence-electron chi connectivity index (χ4n) is 2.87. The predicted molar refractivity (Wildman–Crippen MR) is 84.4 cm³/mol. The topological polar surface area (TPSA) is 104 Å². The van der Waals surface area contributed by atoms with Crippen LogP contribution in [0.2, 0.25) is 0 Å². The summed E-state index contributed by atoms with van der Waals surface area (Å²) in [4.78, 5) is 35.7. The molecule has 2 saturated heterocycles. The Balaban J connectivity index is 1.50. The van der Waals surface area contributed by atoms with Gasteiger partial charge in [0.05, 0.1) is 18.4 Å². The Labute approximate surface area is 140 Å². The Morgan fingerprint density at radius 1 is 1.08 bits per heavy atom. The number of amides is 2. The highest BCUT2D eigenvalue weighted by Crippen LogP contribution is 2.21. The summed E-state index contributed by atoms with van der Waals surface area (Å²) in [7, 11) is -3.21. The van der Waals surface area contributed by atoms with Crippen LogP contribution in [0.1, 0.15) is 10.5 Å². The van der Waals surface area contributed by atoms with E-state index in [-0.39, 0.29) is 23.4 Å². The Kier molecular flexibility index (Phi) is 4.50. The largest absolute Gasteiger partial charge is 0.340 e. The van der Waals surface area contributed by atoms with Gasteiger partial charge in [0.25, 0.3) is 5.91 Å². The number of hydrogen-bond acceptors (Lipinski definition) is 6. The number of nitrogens with zero attached hydrogens (tertiary/aromatic N) is 5. The molecule has 2 fully saturated rings. The van der Waals surface area contributed by atoms with Crippen LogP contribution in [0.4, 0.5) is 0 Å². The average molecular weight is 353 g/mol. The van der Waals surface area contributed by atoms with E-state index in [9.17, 15) is 18.0 Å². The van der Waals surface area contributed by atoms with Crippen molar-refractivity contribution in [3.05, 3.63) is 24.3 Å². The Hall–Kier alpha value is -2.07. The van der Waals surface area contributed by atoms with E-state index in [1.165, 1.54) is 29.2 Å². The number of hydrogen-bond donors (Lipinski definition) is 0. The molecule has 3 heterocycles. The number of carbonyl (C=O) groups is 2. The molecular formula is C14H19N5O4S. The van der Waals surface area contributed by atoms with Crippen molar-refractivity contribution in [3.8, 4) is 0 Å². The standard InChI is InChI=1S/C14H19N5O4S/c1-24(22,23)19-6-4-17(5-7-19)13(20)11-9-18(10-11)14(21)12-8-15-2-3-16-12/h2-3,8,11H,4-7,9-10H2,1H3. The van der Waals surface area contributed by atoms with Gasteiger partial charge in [-0.25, -0.2) is 13.4 Å². The molecule has 0 atom stereocenters. The maximum absolute atomic E-state index is 12.4. The van der Waals surface area contributed by atoms with E-state index in [2.05, 4.69) is 9.97 Å². The summed E-state index contributed by atoms with van der Waals surface area (Å²) in [6, 6.07) is 0. The molecule has 2 aliphatic rings. The van der Waals surface area contributed by atoms with E-state index in [1.807, 2.05) is 0 Å². The third-order valence-electron chi connectivity index (χ3n) is 4.32. The highest BCUT2D eigenvalue weighted by Gasteiger charge is 2.39. The van der Waals surface area contributed by atoms with Gasteiger partial charge in [0.2, 0.25) is 15.9 Å². The van der Waals surface area contributed by atoms with Crippen LogP contribution in [0.15, 0.2) is 18.6 Å². The normalized spacial score (nSPS) is 19.9. The number of rotatable bonds is 3. The third-order valence-corrected chi connectivity index (χ3v) is 5.62. The van der Waals surface area contributed by atoms with Crippen LogP contribution in [0, 0.1) is 5.92 Å². The Bertz CT molecular complexity index is 725. The molecule has 3 rings (SSSR count). The second-order valence-corrected chi connectivity index (χ2v) is 7.97. The van der Waals surface area contributed by atoms with Crippen molar-refractivity contribution in [2.45, 2.75) is 0 Å². The molecule has 0 aromatic carbocycles. The molecule has 0 aliphatic carbocycles. The summed E-state index contributed by atoms with van der Waals surface area (Å²) in [5, 5.41) is 0. The first-order valence-electron chi connectivity index (χ1n) is 7.65. The van der Waals surface area contributed by atoms with Gasteiger partial charge in [0.15, 0.2) is 0 Å². The molecule has 24 heavy (non-hydrogen) atoms. The zero-order chi connectivity index (χ0) is 17.3. The molecule has 9 nitrogen and oxygen atoms in total. The molecule has 0 unspecified atom stereocenters. The maximum Gasteiger partial charge on any atom is 0.274 e. The summed E-state index contributed by atoms with van der Waals surface area (Å²) in [6.45, 7) is 2.14. The fraction of sp³-hybridized carbons (Fsp3) is 0.571. The van der Waals surface area contributed by atoms with Crippen LogP contribution in [0.3, 0.4) is 0 Å². The van der Waals surface area contributed by atoms with E-state index in [1.54, 1.807) is 9.80 Å². The molecule has 0 bridgehead atoms. The zero-order valence-corrected chi connectivity index (χ0v) is 14.1. The van der Waals surface area contributed by atoms with Gasteiger partial charge in [-0.2, -0.15) is 4.31 Å². The van der Waals surface area contributed by atoms with E-state index in [4.69, 9.17) is 0 Å². The molecular weight excluding hydrogens is 334 g/mol. The molecule has 130 valence electrons. The quantitative estimate of drug-likeness (QED) is 0.666. The monoisotopic (exact) mass is 353 g/mol. The van der Waals surface area contributed by atoms with Gasteiger partial charge in [-0.3, -0.25) is 14.6 Å². The lowest BCUT2D eigenvalue weighted by atomic mass is 9.97. The average Bonchev–Trinajstić information content (AvgIpc) is 2.53. The van der Waals surface area contributed by atoms with Crippen LogP contribution in [0.5, 0.6) is 0 Å². The molecule has 10 heteroatoms. The molecule has 2 amide bonds. The molecule has 0 saturated carbocycles. The molecule has 0 radical (unpaired) electrons. The Morgan fingerprint density at radius 2 is 1.75 bits per heavy atom. The predicted octanol–water partition coefficient (Wildman–Crippen LogP) is -1.35. The van der Waals surface area contributed by atoms with Crippen molar-refractivity contribution in [3.63, 3.8) is 0 Å². The summed E-state index contributed by atoms with van der Waals surface area (Å²) in [5.41, 5.74) is 0.269. The SMILES string of the molecule is CS(=O)(=O)N1CCN(C(=O)C2CN(C(=O)c3cnccn3)C2)CC1. The first kappa shape index (κ1) is 16.8. The number of aromatic nitrogens is 2. The van der Waals surface area contributed by atoms with Crippen LogP contribution in [-0.2, 0) is 14.8 Å². The van der Waals surface area contributed by atoms with E-state index >= 15 is 0 Å². The number of carbonyl (C=O) groups excluding carboxylic acids is 2. The smallest absolute Gasteiger partial charge is 0.274 e. The first-order chi connectivity index (χ1) is 11.4. The van der Waals surface area contributed by atoms with Crippen LogP contribution in [0.25, 0.3) is 0 Å². The Morgan fingerprint density at radius 3 is 2.29 bits per heavy atom. The van der Waals surface area contributed by atoms with Crippen molar-refractivity contribution < 1.29 is 18.0 Å². The number of sulfonamides is 1. The van der Waals surface area contributed by atoms with Crippen molar-refractivity contribution in [2.24, 2.45) is 5.92 Å². The highest BCUT2D eigenvalue weighted by atomic mass is 32.2. The van der Waals surface area contributed by atoms with Gasteiger partial charge >= 0.3 is 0 Å². The second kappa shape index (κ2) is 6.44. The minimum absolute atomic E-state index is 0.0219. The minimum Gasteiger partial charge on any atom is -0.340 e. The van der Waals surface area contributed by atoms with Crippen LogP contribution in [-0.4, -0.2) is 89.8 Å². The third kappa shape index (κ3) is 3.39. The summed E-state index contributed by atoms with van der Waals surface area (Å²) in [6.07, 6.45) is 5.53. The van der Waals surface area contributed by atoms with Crippen molar-refractivity contribution >= 4 is 21.8 Å². The van der Waals surface area contributed by atoms with Crippen LogP contribution < -0.4 is 0 Å². The fourth-order valence-corrected chi connectivity index (χ4v) is 3.70. The van der Waals surface area contributed by atoms with Gasteiger partial charge in [-0.15, -0.1) is 0 Å². The summed E-state index contributed by atoms with van der Waals surface area (Å²) >= 11 is 0. The lowest BCUT2D eigenvalue weighted by molar-refractivity contribution is -0.141. The maximum atomic E-state index is 12.4. The molecule has 0 N–H and O–H groups in total. The zero-order valence-electron chi connectivity index (χ0n) is 13.3. The first-order valence-corrected chi connectivity index (χ1v) is 9.50.